The fourth-order valence-corrected chi connectivity index (χ4v) is 1.72. The number of nitrogens with two attached hydrogens (primary N) is 1. The molecule has 0 radical (unpaired) electrons. The van der Waals surface area contributed by atoms with Crippen molar-refractivity contribution in [2.75, 3.05) is 7.05 Å². The minimum Gasteiger partial charge on any atom is -0.357 e. The van der Waals surface area contributed by atoms with Crippen molar-refractivity contribution in [1.29, 1.82) is 0 Å². The molecule has 0 aliphatic carbocycles. The van der Waals surface area contributed by atoms with E-state index in [1.54, 1.807) is 11.2 Å². The van der Waals surface area contributed by atoms with E-state index in [4.69, 9.17) is 5.84 Å². The molecule has 0 bridgehead atoms. The van der Waals surface area contributed by atoms with E-state index in [-0.39, 0.29) is 6.17 Å². The summed E-state index contributed by atoms with van der Waals surface area (Å²) in [4.78, 5) is 2.21. The number of allylic oxidation sites excluding steroid dienone is 2. The minimum absolute atomic E-state index is 0.265. The second-order valence-electron chi connectivity index (χ2n) is 3.63. The average molecular weight is 181 g/mol. The minimum atomic E-state index is 0.265. The Hall–Kier alpha value is -0.960. The molecule has 1 aliphatic heterocycles. The van der Waals surface area contributed by atoms with Crippen LogP contribution < -0.4 is 5.84 Å². The zero-order chi connectivity index (χ0) is 10.0. The molecule has 0 aromatic heterocycles. The van der Waals surface area contributed by atoms with E-state index in [1.165, 1.54) is 11.3 Å². The predicted molar refractivity (Wildman–Crippen MR) is 55.4 cm³/mol. The number of hydrogen-bond acceptors (Lipinski definition) is 3. The summed E-state index contributed by atoms with van der Waals surface area (Å²) in [5.74, 6) is 5.80. The fourth-order valence-electron chi connectivity index (χ4n) is 1.72. The highest BCUT2D eigenvalue weighted by atomic mass is 15.5. The third-order valence-electron chi connectivity index (χ3n) is 2.93. The molecule has 1 atom stereocenters. The van der Waals surface area contributed by atoms with Crippen LogP contribution in [0.15, 0.2) is 24.0 Å². The van der Waals surface area contributed by atoms with Gasteiger partial charge in [0.25, 0.3) is 0 Å². The molecule has 1 heterocycles. The second-order valence-corrected chi connectivity index (χ2v) is 3.63. The number of hydrogen-bond donors (Lipinski definition) is 1. The molecule has 0 spiro atoms. The highest BCUT2D eigenvalue weighted by molar-refractivity contribution is 5.13. The molecule has 1 rings (SSSR count). The van der Waals surface area contributed by atoms with Crippen LogP contribution in [0.25, 0.3) is 0 Å². The van der Waals surface area contributed by atoms with Crippen LogP contribution in [0.4, 0.5) is 0 Å². The lowest BCUT2D eigenvalue weighted by Crippen LogP contribution is -2.48. The highest BCUT2D eigenvalue weighted by Crippen LogP contribution is 2.25. The molecule has 2 N–H and O–H groups in total. The van der Waals surface area contributed by atoms with Crippen LogP contribution in [-0.2, 0) is 0 Å². The molecule has 0 fully saturated rings. The molecule has 74 valence electrons. The third-order valence-corrected chi connectivity index (χ3v) is 2.93. The van der Waals surface area contributed by atoms with Gasteiger partial charge in [0.1, 0.15) is 6.17 Å². The number of hydrazine groups is 1. The maximum atomic E-state index is 5.80. The second kappa shape index (κ2) is 3.83. The van der Waals surface area contributed by atoms with Gasteiger partial charge in [-0.15, -0.1) is 0 Å². The van der Waals surface area contributed by atoms with Crippen LogP contribution >= 0.6 is 0 Å². The number of rotatable bonds is 2. The van der Waals surface area contributed by atoms with Crippen molar-refractivity contribution >= 4 is 0 Å². The van der Waals surface area contributed by atoms with Gasteiger partial charge in [-0.25, -0.2) is 5.84 Å². The maximum absolute atomic E-state index is 5.80. The molecular formula is C10H19N3. The van der Waals surface area contributed by atoms with Gasteiger partial charge in [-0.05, 0) is 26.7 Å². The van der Waals surface area contributed by atoms with Gasteiger partial charge in [-0.2, -0.15) is 0 Å². The van der Waals surface area contributed by atoms with E-state index in [1.807, 2.05) is 0 Å². The van der Waals surface area contributed by atoms with Crippen LogP contribution in [0.5, 0.6) is 0 Å². The van der Waals surface area contributed by atoms with Gasteiger partial charge in [0, 0.05) is 18.9 Å². The van der Waals surface area contributed by atoms with E-state index in [0.717, 1.165) is 12.8 Å². The first-order valence-corrected chi connectivity index (χ1v) is 4.62. The topological polar surface area (TPSA) is 32.5 Å². The molecular weight excluding hydrogens is 162 g/mol. The van der Waals surface area contributed by atoms with Gasteiger partial charge in [0.15, 0.2) is 0 Å². The van der Waals surface area contributed by atoms with E-state index >= 15 is 0 Å². The summed E-state index contributed by atoms with van der Waals surface area (Å²) in [6.45, 7) is 7.99. The van der Waals surface area contributed by atoms with Gasteiger partial charge >= 0.3 is 0 Å². The van der Waals surface area contributed by atoms with Gasteiger partial charge in [0.05, 0.1) is 0 Å². The van der Waals surface area contributed by atoms with E-state index in [9.17, 15) is 0 Å². The van der Waals surface area contributed by atoms with E-state index < -0.39 is 0 Å². The van der Waals surface area contributed by atoms with Gasteiger partial charge in [-0.3, -0.25) is 5.01 Å². The lowest BCUT2D eigenvalue weighted by molar-refractivity contribution is 0.111. The number of nitrogens with zero attached hydrogens (tertiary/aromatic N) is 2. The van der Waals surface area contributed by atoms with Crippen molar-refractivity contribution in [3.8, 4) is 0 Å². The zero-order valence-electron chi connectivity index (χ0n) is 8.75. The summed E-state index contributed by atoms with van der Waals surface area (Å²) in [5.41, 5.74) is 2.78. The maximum Gasteiger partial charge on any atom is 0.115 e. The molecule has 0 amide bonds. The SMILES string of the molecule is C=CN(N)C1CCC(C)=C(C)N1C. The molecule has 1 aliphatic rings. The third kappa shape index (κ3) is 1.86. The molecule has 1 unspecified atom stereocenters. The summed E-state index contributed by atoms with van der Waals surface area (Å²) >= 11 is 0. The quantitative estimate of drug-likeness (QED) is 0.519. The van der Waals surface area contributed by atoms with Crippen molar-refractivity contribution in [2.45, 2.75) is 32.9 Å². The summed E-state index contributed by atoms with van der Waals surface area (Å²) in [6.07, 6.45) is 4.14. The van der Waals surface area contributed by atoms with Crippen LogP contribution in [0, 0.1) is 0 Å². The molecule has 3 nitrogen and oxygen atoms in total. The monoisotopic (exact) mass is 181 g/mol. The van der Waals surface area contributed by atoms with Crippen LogP contribution in [-0.4, -0.2) is 23.1 Å². The van der Waals surface area contributed by atoms with E-state index in [0.29, 0.717) is 0 Å². The van der Waals surface area contributed by atoms with Gasteiger partial charge < -0.3 is 4.90 Å². The standard InChI is InChI=1S/C10H19N3/c1-5-13(11)10-7-6-8(2)9(3)12(10)4/h5,10H,1,6-7,11H2,2-4H3. The molecule has 3 heteroatoms. The zero-order valence-corrected chi connectivity index (χ0v) is 8.75. The Morgan fingerprint density at radius 2 is 2.23 bits per heavy atom. The van der Waals surface area contributed by atoms with E-state index in [2.05, 4.69) is 32.4 Å². The molecule has 0 saturated carbocycles. The fraction of sp³-hybridized carbons (Fsp3) is 0.600. The first kappa shape index (κ1) is 10.1. The Labute approximate surface area is 80.5 Å². The van der Waals surface area contributed by atoms with Crippen molar-refractivity contribution in [3.05, 3.63) is 24.0 Å². The van der Waals surface area contributed by atoms with Crippen molar-refractivity contribution < 1.29 is 0 Å². The molecule has 0 aromatic rings. The lowest BCUT2D eigenvalue weighted by atomic mass is 10.0. The molecule has 0 saturated heterocycles. The van der Waals surface area contributed by atoms with Crippen molar-refractivity contribution in [2.24, 2.45) is 5.84 Å². The molecule has 13 heavy (non-hydrogen) atoms. The highest BCUT2D eigenvalue weighted by Gasteiger charge is 2.23. The summed E-state index contributed by atoms with van der Waals surface area (Å²) in [5, 5.41) is 1.68. The largest absolute Gasteiger partial charge is 0.357 e. The first-order valence-electron chi connectivity index (χ1n) is 4.62. The van der Waals surface area contributed by atoms with Crippen molar-refractivity contribution in [3.63, 3.8) is 0 Å². The normalized spacial score (nSPS) is 23.4. The molecule has 0 aromatic carbocycles. The van der Waals surface area contributed by atoms with Crippen molar-refractivity contribution in [1.82, 2.24) is 9.91 Å². The Balaban J connectivity index is 2.79. The Morgan fingerprint density at radius 1 is 1.62 bits per heavy atom. The van der Waals surface area contributed by atoms with Crippen LogP contribution in [0.1, 0.15) is 26.7 Å². The van der Waals surface area contributed by atoms with Crippen LogP contribution in [0.3, 0.4) is 0 Å². The van der Waals surface area contributed by atoms with Gasteiger partial charge in [-0.1, -0.05) is 12.2 Å². The summed E-state index contributed by atoms with van der Waals surface area (Å²) in [6, 6.07) is 0. The Morgan fingerprint density at radius 3 is 2.77 bits per heavy atom. The summed E-state index contributed by atoms with van der Waals surface area (Å²) in [7, 11) is 2.08. The summed E-state index contributed by atoms with van der Waals surface area (Å²) < 4.78 is 0. The predicted octanol–water partition coefficient (Wildman–Crippen LogP) is 1.65. The lowest BCUT2D eigenvalue weighted by Gasteiger charge is -2.40. The Kier molecular flexibility index (Phi) is 2.98. The smallest absolute Gasteiger partial charge is 0.115 e. The Bertz CT molecular complexity index is 232. The van der Waals surface area contributed by atoms with Gasteiger partial charge in [0.2, 0.25) is 0 Å². The van der Waals surface area contributed by atoms with Crippen LogP contribution in [0.2, 0.25) is 0 Å². The first-order chi connectivity index (χ1) is 6.07. The average Bonchev–Trinajstić information content (AvgIpc) is 2.13.